The maximum absolute atomic E-state index is 9.75. The Labute approximate surface area is 131 Å². The van der Waals surface area contributed by atoms with Gasteiger partial charge in [0.1, 0.15) is 23.9 Å². The highest BCUT2D eigenvalue weighted by molar-refractivity contribution is 5.84. The highest BCUT2D eigenvalue weighted by Gasteiger charge is 2.01. The molecule has 2 aromatic carbocycles. The van der Waals surface area contributed by atoms with E-state index >= 15 is 0 Å². The number of phenols is 1. The van der Waals surface area contributed by atoms with Gasteiger partial charge in [0.05, 0.1) is 13.7 Å². The van der Waals surface area contributed by atoms with Crippen molar-refractivity contribution in [3.63, 3.8) is 0 Å². The molecule has 0 radical (unpaired) electrons. The van der Waals surface area contributed by atoms with Crippen LogP contribution in [0.5, 0.6) is 17.2 Å². The molecule has 0 saturated heterocycles. The number of hydrogen-bond donors (Lipinski definition) is 1. The molecule has 4 heteroatoms. The standard InChI is InChI=1S/C18H21NO3/c1-13-4-7-18(14(2)10-13)22-9-8-19-12-15-11-16(21-3)5-6-17(15)20/h4-7,10-12,20H,8-9H2,1-3H3. The first-order valence-corrected chi connectivity index (χ1v) is 7.17. The van der Waals surface area contributed by atoms with Gasteiger partial charge in [-0.05, 0) is 43.7 Å². The second-order valence-corrected chi connectivity index (χ2v) is 5.08. The smallest absolute Gasteiger partial charge is 0.124 e. The molecular formula is C18H21NO3. The number of methoxy groups -OCH3 is 1. The maximum atomic E-state index is 9.75. The zero-order chi connectivity index (χ0) is 15.9. The van der Waals surface area contributed by atoms with Crippen LogP contribution < -0.4 is 9.47 Å². The molecule has 0 aliphatic heterocycles. The van der Waals surface area contributed by atoms with E-state index in [9.17, 15) is 5.11 Å². The molecule has 0 aromatic heterocycles. The van der Waals surface area contributed by atoms with Gasteiger partial charge in [0.15, 0.2) is 0 Å². The van der Waals surface area contributed by atoms with Crippen molar-refractivity contribution in [3.05, 3.63) is 53.1 Å². The van der Waals surface area contributed by atoms with Crippen molar-refractivity contribution in [1.29, 1.82) is 0 Å². The summed E-state index contributed by atoms with van der Waals surface area (Å²) in [7, 11) is 1.59. The van der Waals surface area contributed by atoms with Gasteiger partial charge in [0, 0.05) is 11.8 Å². The lowest BCUT2D eigenvalue weighted by Gasteiger charge is -2.08. The normalized spacial score (nSPS) is 10.9. The van der Waals surface area contributed by atoms with Crippen LogP contribution in [-0.2, 0) is 0 Å². The number of hydrogen-bond acceptors (Lipinski definition) is 4. The summed E-state index contributed by atoms with van der Waals surface area (Å²) in [6.45, 7) is 5.09. The largest absolute Gasteiger partial charge is 0.507 e. The molecule has 0 amide bonds. The van der Waals surface area contributed by atoms with Gasteiger partial charge in [-0.25, -0.2) is 0 Å². The molecule has 116 valence electrons. The summed E-state index contributed by atoms with van der Waals surface area (Å²) in [6.07, 6.45) is 1.63. The minimum atomic E-state index is 0.180. The summed E-state index contributed by atoms with van der Waals surface area (Å²) in [5, 5.41) is 9.75. The third-order valence-corrected chi connectivity index (χ3v) is 3.27. The first kappa shape index (κ1) is 15.9. The SMILES string of the molecule is COc1ccc(O)c(C=NCCOc2ccc(C)cc2C)c1. The van der Waals surface area contributed by atoms with Crippen LogP contribution in [0, 0.1) is 13.8 Å². The molecule has 0 heterocycles. The monoisotopic (exact) mass is 299 g/mol. The topological polar surface area (TPSA) is 51.0 Å². The van der Waals surface area contributed by atoms with Gasteiger partial charge in [-0.2, -0.15) is 0 Å². The number of aliphatic imine (C=N–C) groups is 1. The number of aryl methyl sites for hydroxylation is 2. The number of rotatable bonds is 6. The Morgan fingerprint density at radius 1 is 1.14 bits per heavy atom. The van der Waals surface area contributed by atoms with Gasteiger partial charge in [0.2, 0.25) is 0 Å². The second-order valence-electron chi connectivity index (χ2n) is 5.08. The molecular weight excluding hydrogens is 278 g/mol. The van der Waals surface area contributed by atoms with Crippen LogP contribution in [-0.4, -0.2) is 31.6 Å². The third-order valence-electron chi connectivity index (χ3n) is 3.27. The highest BCUT2D eigenvalue weighted by atomic mass is 16.5. The Kier molecular flexibility index (Phi) is 5.42. The molecule has 22 heavy (non-hydrogen) atoms. The Morgan fingerprint density at radius 2 is 1.95 bits per heavy atom. The summed E-state index contributed by atoms with van der Waals surface area (Å²) in [5.41, 5.74) is 2.97. The quantitative estimate of drug-likeness (QED) is 0.656. The van der Waals surface area contributed by atoms with Crippen molar-refractivity contribution in [1.82, 2.24) is 0 Å². The van der Waals surface area contributed by atoms with Gasteiger partial charge in [-0.1, -0.05) is 17.7 Å². The summed E-state index contributed by atoms with van der Waals surface area (Å²) >= 11 is 0. The average Bonchev–Trinajstić information content (AvgIpc) is 2.50. The lowest BCUT2D eigenvalue weighted by molar-refractivity contribution is 0.326. The van der Waals surface area contributed by atoms with Crippen LogP contribution in [0.25, 0.3) is 0 Å². The van der Waals surface area contributed by atoms with Crippen LogP contribution >= 0.6 is 0 Å². The Bertz CT molecular complexity index is 665. The number of aromatic hydroxyl groups is 1. The first-order chi connectivity index (χ1) is 10.6. The van der Waals surface area contributed by atoms with E-state index in [1.54, 1.807) is 31.5 Å². The van der Waals surface area contributed by atoms with Crippen molar-refractivity contribution < 1.29 is 14.6 Å². The molecule has 0 atom stereocenters. The molecule has 0 fully saturated rings. The number of benzene rings is 2. The molecule has 0 bridgehead atoms. The third kappa shape index (κ3) is 4.25. The predicted molar refractivity (Wildman–Crippen MR) is 88.5 cm³/mol. The van der Waals surface area contributed by atoms with Crippen molar-refractivity contribution in [3.8, 4) is 17.2 Å². The van der Waals surface area contributed by atoms with Crippen molar-refractivity contribution in [2.24, 2.45) is 4.99 Å². The zero-order valence-electron chi connectivity index (χ0n) is 13.2. The molecule has 0 saturated carbocycles. The van der Waals surface area contributed by atoms with E-state index in [4.69, 9.17) is 9.47 Å². The van der Waals surface area contributed by atoms with E-state index in [0.29, 0.717) is 24.5 Å². The van der Waals surface area contributed by atoms with Crippen LogP contribution in [0.4, 0.5) is 0 Å². The van der Waals surface area contributed by atoms with E-state index in [1.807, 2.05) is 19.1 Å². The average molecular weight is 299 g/mol. The van der Waals surface area contributed by atoms with Crippen LogP contribution in [0.2, 0.25) is 0 Å². The van der Waals surface area contributed by atoms with Gasteiger partial charge in [-0.3, -0.25) is 4.99 Å². The van der Waals surface area contributed by atoms with Crippen LogP contribution in [0.3, 0.4) is 0 Å². The number of ether oxygens (including phenoxy) is 2. The van der Waals surface area contributed by atoms with E-state index in [2.05, 4.69) is 18.0 Å². The van der Waals surface area contributed by atoms with Crippen molar-refractivity contribution >= 4 is 6.21 Å². The Morgan fingerprint density at radius 3 is 2.68 bits per heavy atom. The maximum Gasteiger partial charge on any atom is 0.124 e. The van der Waals surface area contributed by atoms with Crippen LogP contribution in [0.1, 0.15) is 16.7 Å². The van der Waals surface area contributed by atoms with E-state index in [1.165, 1.54) is 5.56 Å². The fraction of sp³-hybridized carbons (Fsp3) is 0.278. The minimum absolute atomic E-state index is 0.180. The highest BCUT2D eigenvalue weighted by Crippen LogP contribution is 2.21. The second kappa shape index (κ2) is 7.50. The minimum Gasteiger partial charge on any atom is -0.507 e. The fourth-order valence-corrected chi connectivity index (χ4v) is 2.10. The number of nitrogens with zero attached hydrogens (tertiary/aromatic N) is 1. The van der Waals surface area contributed by atoms with E-state index < -0.39 is 0 Å². The van der Waals surface area contributed by atoms with Gasteiger partial charge >= 0.3 is 0 Å². The number of phenolic OH excluding ortho intramolecular Hbond substituents is 1. The molecule has 0 spiro atoms. The summed E-state index contributed by atoms with van der Waals surface area (Å²) in [4.78, 5) is 4.27. The summed E-state index contributed by atoms with van der Waals surface area (Å²) in [6, 6.07) is 11.1. The van der Waals surface area contributed by atoms with E-state index in [0.717, 1.165) is 11.3 Å². The molecule has 0 aliphatic rings. The lowest BCUT2D eigenvalue weighted by atomic mass is 10.1. The lowest BCUT2D eigenvalue weighted by Crippen LogP contribution is -2.02. The Balaban J connectivity index is 1.88. The first-order valence-electron chi connectivity index (χ1n) is 7.17. The van der Waals surface area contributed by atoms with Crippen LogP contribution in [0.15, 0.2) is 41.4 Å². The molecule has 2 aromatic rings. The molecule has 0 unspecified atom stereocenters. The summed E-state index contributed by atoms with van der Waals surface area (Å²) < 4.78 is 10.8. The Hall–Kier alpha value is -2.49. The van der Waals surface area contributed by atoms with E-state index in [-0.39, 0.29) is 5.75 Å². The summed E-state index contributed by atoms with van der Waals surface area (Å²) in [5.74, 6) is 1.75. The molecule has 1 N–H and O–H groups in total. The van der Waals surface area contributed by atoms with Crippen molar-refractivity contribution in [2.45, 2.75) is 13.8 Å². The fourth-order valence-electron chi connectivity index (χ4n) is 2.10. The van der Waals surface area contributed by atoms with Gasteiger partial charge in [-0.15, -0.1) is 0 Å². The van der Waals surface area contributed by atoms with Gasteiger partial charge < -0.3 is 14.6 Å². The zero-order valence-corrected chi connectivity index (χ0v) is 13.2. The molecule has 4 nitrogen and oxygen atoms in total. The molecule has 0 aliphatic carbocycles. The molecule has 2 rings (SSSR count). The van der Waals surface area contributed by atoms with Gasteiger partial charge in [0.25, 0.3) is 0 Å². The predicted octanol–water partition coefficient (Wildman–Crippen LogP) is 3.52. The van der Waals surface area contributed by atoms with Crippen molar-refractivity contribution in [2.75, 3.05) is 20.3 Å².